The molecule has 1 heterocycles. The molecule has 3 aromatic rings. The van der Waals surface area contributed by atoms with Crippen LogP contribution in [0.4, 0.5) is 13.2 Å². The quantitative estimate of drug-likeness (QED) is 0.588. The molecule has 31 heavy (non-hydrogen) atoms. The monoisotopic (exact) mass is 436 g/mol. The minimum atomic E-state index is -4.92. The Kier molecular flexibility index (Phi) is 6.59. The smallest absolute Gasteiger partial charge is 0.450 e. The highest BCUT2D eigenvalue weighted by atomic mass is 19.4. The van der Waals surface area contributed by atoms with Crippen LogP contribution in [-0.4, -0.2) is 25.8 Å². The number of aromatic hydroxyl groups is 1. The fourth-order valence-corrected chi connectivity index (χ4v) is 3.64. The highest BCUT2D eigenvalue weighted by Crippen LogP contribution is 2.41. The molecule has 3 rings (SSSR count). The molecule has 0 aliphatic heterocycles. The average Bonchev–Trinajstić information content (AvgIpc) is 2.73. The van der Waals surface area contributed by atoms with Crippen LogP contribution in [0, 0.1) is 0 Å². The first-order chi connectivity index (χ1) is 14.7. The van der Waals surface area contributed by atoms with Crippen LogP contribution in [0.3, 0.4) is 0 Å². The first-order valence-corrected chi connectivity index (χ1v) is 10.0. The predicted molar refractivity (Wildman–Crippen MR) is 112 cm³/mol. The van der Waals surface area contributed by atoms with Crippen molar-refractivity contribution in [1.29, 1.82) is 0 Å². The van der Waals surface area contributed by atoms with E-state index in [1.807, 2.05) is 14.0 Å². The minimum Gasteiger partial charge on any atom is -0.507 e. The Hall–Kier alpha value is -3.00. The van der Waals surface area contributed by atoms with Gasteiger partial charge in [0.05, 0.1) is 37.2 Å². The van der Waals surface area contributed by atoms with Gasteiger partial charge in [-0.15, -0.1) is 0 Å². The highest BCUT2D eigenvalue weighted by molar-refractivity contribution is 5.87. The molecule has 2 aromatic carbocycles. The molecule has 166 valence electrons. The molecule has 0 amide bonds. The molecule has 5 nitrogen and oxygen atoms in total. The summed E-state index contributed by atoms with van der Waals surface area (Å²) in [7, 11) is 3.19. The third kappa shape index (κ3) is 4.54. The number of nitrogens with one attached hydrogen (secondary N) is 1. The van der Waals surface area contributed by atoms with E-state index < -0.39 is 22.9 Å². The summed E-state index contributed by atoms with van der Waals surface area (Å²) in [5.74, 6) is -1.49. The zero-order chi connectivity index (χ0) is 22.8. The number of quaternary nitrogens is 1. The Morgan fingerprint density at radius 2 is 1.87 bits per heavy atom. The van der Waals surface area contributed by atoms with E-state index in [2.05, 4.69) is 0 Å². The van der Waals surface area contributed by atoms with Crippen molar-refractivity contribution in [2.45, 2.75) is 32.5 Å². The standard InChI is InChI=1S/C23H24F3NO4/c1-4-5-12-27(2)13-16-17(28)11-10-15-20(29)19(14-8-6-7-9-18(14)30-3)22(23(24,25)26)31-21(15)16/h6-11,28H,4-5,12-13H2,1-3H3/p+1. The Balaban J connectivity index is 2.32. The summed E-state index contributed by atoms with van der Waals surface area (Å²) < 4.78 is 52.5. The number of ether oxygens (including phenoxy) is 1. The number of methoxy groups -OCH3 is 1. The van der Waals surface area contributed by atoms with Gasteiger partial charge in [-0.1, -0.05) is 31.5 Å². The van der Waals surface area contributed by atoms with Crippen molar-refractivity contribution in [2.75, 3.05) is 20.7 Å². The number of phenolic OH excluding ortho intramolecular Hbond substituents is 1. The molecule has 8 heteroatoms. The van der Waals surface area contributed by atoms with Crippen LogP contribution in [0.5, 0.6) is 11.5 Å². The Bertz CT molecular complexity index is 1140. The van der Waals surface area contributed by atoms with Crippen molar-refractivity contribution >= 4 is 11.0 Å². The van der Waals surface area contributed by atoms with Gasteiger partial charge in [0.2, 0.25) is 11.2 Å². The molecule has 0 aliphatic carbocycles. The number of halogens is 3. The van der Waals surface area contributed by atoms with Crippen molar-refractivity contribution in [3.8, 4) is 22.6 Å². The number of hydrogen-bond donors (Lipinski definition) is 2. The molecule has 0 bridgehead atoms. The summed E-state index contributed by atoms with van der Waals surface area (Å²) in [6.45, 7) is 3.02. The second-order valence-corrected chi connectivity index (χ2v) is 7.51. The number of alkyl halides is 3. The van der Waals surface area contributed by atoms with Crippen molar-refractivity contribution in [1.82, 2.24) is 0 Å². The van der Waals surface area contributed by atoms with Gasteiger partial charge in [-0.05, 0) is 24.6 Å². The maximum absolute atomic E-state index is 14.0. The Morgan fingerprint density at radius 3 is 2.52 bits per heavy atom. The average molecular weight is 436 g/mol. The van der Waals surface area contributed by atoms with Crippen molar-refractivity contribution in [3.63, 3.8) is 0 Å². The summed E-state index contributed by atoms with van der Waals surface area (Å²) in [4.78, 5) is 14.3. The number of hydrogen-bond acceptors (Lipinski definition) is 4. The van der Waals surface area contributed by atoms with Gasteiger partial charge >= 0.3 is 6.18 Å². The van der Waals surface area contributed by atoms with E-state index in [4.69, 9.17) is 9.15 Å². The second kappa shape index (κ2) is 9.01. The molecule has 0 spiro atoms. The van der Waals surface area contributed by atoms with Crippen LogP contribution >= 0.6 is 0 Å². The molecular formula is C23H25F3NO4+. The zero-order valence-electron chi connectivity index (χ0n) is 17.6. The third-order valence-electron chi connectivity index (χ3n) is 5.21. The maximum atomic E-state index is 14.0. The number of para-hydroxylation sites is 1. The first kappa shape index (κ1) is 22.7. The first-order valence-electron chi connectivity index (χ1n) is 10.0. The van der Waals surface area contributed by atoms with Gasteiger partial charge in [-0.3, -0.25) is 4.79 Å². The normalized spacial score (nSPS) is 12.8. The largest absolute Gasteiger partial charge is 0.507 e. The number of phenols is 1. The zero-order valence-corrected chi connectivity index (χ0v) is 17.6. The van der Waals surface area contributed by atoms with E-state index >= 15 is 0 Å². The van der Waals surface area contributed by atoms with E-state index in [0.717, 1.165) is 24.3 Å². The van der Waals surface area contributed by atoms with Gasteiger partial charge in [-0.2, -0.15) is 13.2 Å². The van der Waals surface area contributed by atoms with E-state index in [1.54, 1.807) is 6.07 Å². The van der Waals surface area contributed by atoms with Gasteiger partial charge in [0.1, 0.15) is 18.0 Å². The third-order valence-corrected chi connectivity index (χ3v) is 5.21. The molecule has 0 saturated carbocycles. The fourth-order valence-electron chi connectivity index (χ4n) is 3.64. The van der Waals surface area contributed by atoms with Crippen LogP contribution in [-0.2, 0) is 12.7 Å². The lowest BCUT2D eigenvalue weighted by Crippen LogP contribution is -3.07. The number of rotatable bonds is 7. The van der Waals surface area contributed by atoms with Gasteiger partial charge in [-0.25, -0.2) is 0 Å². The highest BCUT2D eigenvalue weighted by Gasteiger charge is 2.40. The van der Waals surface area contributed by atoms with Crippen LogP contribution in [0.1, 0.15) is 31.1 Å². The lowest BCUT2D eigenvalue weighted by atomic mass is 9.99. The van der Waals surface area contributed by atoms with Gasteiger partial charge in [0, 0.05) is 5.56 Å². The van der Waals surface area contributed by atoms with Crippen LogP contribution < -0.4 is 15.1 Å². The summed E-state index contributed by atoms with van der Waals surface area (Å²) >= 11 is 0. The van der Waals surface area contributed by atoms with Crippen LogP contribution in [0.2, 0.25) is 0 Å². The Labute approximate surface area is 177 Å². The number of fused-ring (bicyclic) bond motifs is 1. The fraction of sp³-hybridized carbons (Fsp3) is 0.348. The topological polar surface area (TPSA) is 64.1 Å². The SMILES string of the molecule is CCCC[NH+](C)Cc1c(O)ccc2c(=O)c(-c3ccccc3OC)c(C(F)(F)F)oc12. The maximum Gasteiger partial charge on any atom is 0.450 e. The summed E-state index contributed by atoms with van der Waals surface area (Å²) in [5, 5.41) is 10.3. The van der Waals surface area contributed by atoms with Crippen molar-refractivity contribution in [3.05, 3.63) is 57.9 Å². The van der Waals surface area contributed by atoms with Gasteiger partial charge in [0.25, 0.3) is 0 Å². The molecule has 2 N–H and O–H groups in total. The van der Waals surface area contributed by atoms with Crippen molar-refractivity contribution < 1.29 is 32.3 Å². The molecule has 1 unspecified atom stereocenters. The van der Waals surface area contributed by atoms with E-state index in [0.29, 0.717) is 0 Å². The molecule has 0 radical (unpaired) electrons. The van der Waals surface area contributed by atoms with E-state index in [-0.39, 0.29) is 40.1 Å². The Morgan fingerprint density at radius 1 is 1.16 bits per heavy atom. The molecule has 0 aliphatic rings. The number of unbranched alkanes of at least 4 members (excludes halogenated alkanes) is 1. The van der Waals surface area contributed by atoms with E-state index in [1.165, 1.54) is 37.4 Å². The van der Waals surface area contributed by atoms with Crippen LogP contribution in [0.15, 0.2) is 45.6 Å². The number of benzene rings is 2. The van der Waals surface area contributed by atoms with Gasteiger partial charge in [0.15, 0.2) is 5.58 Å². The van der Waals surface area contributed by atoms with E-state index in [9.17, 15) is 23.1 Å². The summed E-state index contributed by atoms with van der Waals surface area (Å²) in [6, 6.07) is 8.60. The minimum absolute atomic E-state index is 0.00621. The summed E-state index contributed by atoms with van der Waals surface area (Å²) in [6.07, 6.45) is -3.03. The van der Waals surface area contributed by atoms with Crippen LogP contribution in [0.25, 0.3) is 22.1 Å². The predicted octanol–water partition coefficient (Wildman–Crippen LogP) is 4.01. The molecule has 0 saturated heterocycles. The van der Waals surface area contributed by atoms with Gasteiger partial charge < -0.3 is 19.2 Å². The lowest BCUT2D eigenvalue weighted by Gasteiger charge is -2.18. The molecule has 1 aromatic heterocycles. The molecule has 1 atom stereocenters. The van der Waals surface area contributed by atoms with Crippen molar-refractivity contribution in [2.24, 2.45) is 0 Å². The molecule has 0 fully saturated rings. The lowest BCUT2D eigenvalue weighted by molar-refractivity contribution is -0.893. The summed E-state index contributed by atoms with van der Waals surface area (Å²) in [5.41, 5.74) is -1.51. The molecular weight excluding hydrogens is 411 g/mol. The second-order valence-electron chi connectivity index (χ2n) is 7.51.